The highest BCUT2D eigenvalue weighted by atomic mass is 19.1. The van der Waals surface area contributed by atoms with Gasteiger partial charge in [-0.1, -0.05) is 12.1 Å². The van der Waals surface area contributed by atoms with Crippen molar-refractivity contribution >= 4 is 28.4 Å². The van der Waals surface area contributed by atoms with Gasteiger partial charge in [0.25, 0.3) is 5.91 Å². The fraction of sp³-hybridized carbons (Fsp3) is 0.0870. The molecule has 0 fully saturated rings. The topological polar surface area (TPSA) is 87.7 Å². The first kappa shape index (κ1) is 19.3. The second-order valence-corrected chi connectivity index (χ2v) is 6.91. The zero-order valence-electron chi connectivity index (χ0n) is 16.3. The Balaban J connectivity index is 1.85. The van der Waals surface area contributed by atoms with Crippen molar-refractivity contribution in [3.63, 3.8) is 0 Å². The van der Waals surface area contributed by atoms with Crippen molar-refractivity contribution in [2.24, 2.45) is 4.99 Å². The van der Waals surface area contributed by atoms with E-state index < -0.39 is 11.7 Å². The molecule has 0 atom stereocenters. The van der Waals surface area contributed by atoms with E-state index in [9.17, 15) is 14.3 Å². The molecule has 2 aromatic heterocycles. The first-order chi connectivity index (χ1) is 14.4. The van der Waals surface area contributed by atoms with Gasteiger partial charge < -0.3 is 14.8 Å². The van der Waals surface area contributed by atoms with Crippen LogP contribution >= 0.6 is 0 Å². The molecule has 0 saturated heterocycles. The van der Waals surface area contributed by atoms with E-state index in [-0.39, 0.29) is 16.9 Å². The molecule has 6 nitrogen and oxygen atoms in total. The van der Waals surface area contributed by atoms with Gasteiger partial charge in [-0.05, 0) is 61.4 Å². The van der Waals surface area contributed by atoms with Gasteiger partial charge in [0, 0.05) is 17.6 Å². The number of fused-ring (bicyclic) bond motifs is 1. The predicted octanol–water partition coefficient (Wildman–Crippen LogP) is 4.77. The summed E-state index contributed by atoms with van der Waals surface area (Å²) in [5.41, 5.74) is 2.22. The van der Waals surface area contributed by atoms with Crippen molar-refractivity contribution in [1.29, 1.82) is 0 Å². The van der Waals surface area contributed by atoms with Gasteiger partial charge in [-0.3, -0.25) is 4.79 Å². The maximum absolute atomic E-state index is 14.0. The lowest BCUT2D eigenvalue weighted by atomic mass is 10.1. The highest BCUT2D eigenvalue weighted by Gasteiger charge is 2.14. The molecule has 2 N–H and O–H groups in total. The average molecular weight is 403 g/mol. The zero-order valence-corrected chi connectivity index (χ0v) is 16.3. The van der Waals surface area contributed by atoms with Crippen LogP contribution in [0.2, 0.25) is 0 Å². The minimum Gasteiger partial charge on any atom is -0.508 e. The van der Waals surface area contributed by atoms with Gasteiger partial charge in [-0.25, -0.2) is 14.4 Å². The molecule has 30 heavy (non-hydrogen) atoms. The van der Waals surface area contributed by atoms with E-state index in [0.717, 1.165) is 5.56 Å². The monoisotopic (exact) mass is 403 g/mol. The zero-order chi connectivity index (χ0) is 21.3. The lowest BCUT2D eigenvalue weighted by Gasteiger charge is -2.07. The van der Waals surface area contributed by atoms with E-state index in [1.54, 1.807) is 43.5 Å². The number of pyridine rings is 1. The molecule has 0 bridgehead atoms. The van der Waals surface area contributed by atoms with Crippen LogP contribution in [0.4, 0.5) is 15.9 Å². The van der Waals surface area contributed by atoms with E-state index >= 15 is 0 Å². The number of carbonyl (C=O) groups excluding carboxylic acids is 1. The maximum atomic E-state index is 14.0. The van der Waals surface area contributed by atoms with Gasteiger partial charge in [-0.15, -0.1) is 0 Å². The molecule has 7 heteroatoms. The Morgan fingerprint density at radius 2 is 1.93 bits per heavy atom. The molecule has 2 aromatic carbocycles. The van der Waals surface area contributed by atoms with Crippen molar-refractivity contribution in [3.05, 3.63) is 88.9 Å². The fourth-order valence-corrected chi connectivity index (χ4v) is 2.85. The number of phenolic OH excluding ortho intramolecular Hbond substituents is 1. The summed E-state index contributed by atoms with van der Waals surface area (Å²) in [6, 6.07) is 14.2. The van der Waals surface area contributed by atoms with Crippen LogP contribution in [0.1, 0.15) is 21.5 Å². The van der Waals surface area contributed by atoms with Crippen LogP contribution < -0.4 is 10.9 Å². The Bertz CT molecular complexity index is 1330. The summed E-state index contributed by atoms with van der Waals surface area (Å²) in [5.74, 6) is -0.496. The number of aromatic nitrogens is 1. The first-order valence-corrected chi connectivity index (χ1v) is 9.21. The van der Waals surface area contributed by atoms with Crippen LogP contribution in [-0.4, -0.2) is 16.0 Å². The summed E-state index contributed by atoms with van der Waals surface area (Å²) in [4.78, 5) is 21.5. The Hall–Kier alpha value is -4.00. The van der Waals surface area contributed by atoms with Crippen molar-refractivity contribution < 1.29 is 18.7 Å². The molecule has 0 saturated carbocycles. The van der Waals surface area contributed by atoms with E-state index in [2.05, 4.69) is 15.3 Å². The van der Waals surface area contributed by atoms with Crippen LogP contribution in [-0.2, 0) is 0 Å². The molecular formula is C23H18FN3O3. The number of phenols is 1. The smallest absolute Gasteiger partial charge is 0.262 e. The molecule has 0 spiro atoms. The van der Waals surface area contributed by atoms with E-state index in [1.165, 1.54) is 18.2 Å². The third kappa shape index (κ3) is 4.05. The molecular weight excluding hydrogens is 385 g/mol. The van der Waals surface area contributed by atoms with Crippen molar-refractivity contribution in [2.75, 3.05) is 5.32 Å². The molecule has 0 aliphatic heterocycles. The molecule has 1 amide bonds. The van der Waals surface area contributed by atoms with Gasteiger partial charge in [0.15, 0.2) is 0 Å². The molecule has 0 aliphatic carbocycles. The van der Waals surface area contributed by atoms with Crippen molar-refractivity contribution in [1.82, 2.24) is 4.98 Å². The van der Waals surface area contributed by atoms with Crippen molar-refractivity contribution in [2.45, 2.75) is 13.8 Å². The lowest BCUT2D eigenvalue weighted by Crippen LogP contribution is -2.22. The molecule has 4 rings (SSSR count). The number of amides is 1. The van der Waals surface area contributed by atoms with Crippen LogP contribution in [0.15, 0.2) is 70.2 Å². The molecule has 0 aliphatic rings. The molecule has 4 aromatic rings. The SMILES string of the molecule is Cc1ccc(NC(=O)c2cc3ccc(O)cc3oc2=Nc2ccc(C)c(F)c2)nc1. The number of aryl methyl sites for hydroxylation is 2. The third-order valence-corrected chi connectivity index (χ3v) is 4.52. The minimum atomic E-state index is -0.476. The van der Waals surface area contributed by atoms with Crippen LogP contribution in [0.3, 0.4) is 0 Å². The second kappa shape index (κ2) is 7.79. The van der Waals surface area contributed by atoms with Gasteiger partial charge >= 0.3 is 0 Å². The quantitative estimate of drug-likeness (QED) is 0.516. The summed E-state index contributed by atoms with van der Waals surface area (Å²) in [7, 11) is 0. The number of nitrogens with one attached hydrogen (secondary N) is 1. The van der Waals surface area contributed by atoms with Gasteiger partial charge in [-0.2, -0.15) is 0 Å². The number of carbonyl (C=O) groups is 1. The number of benzene rings is 2. The summed E-state index contributed by atoms with van der Waals surface area (Å²) in [5, 5.41) is 13.1. The predicted molar refractivity (Wildman–Crippen MR) is 111 cm³/mol. The largest absolute Gasteiger partial charge is 0.508 e. The standard InChI is InChI=1S/C23H18FN3O3/c1-13-3-8-21(25-12-13)27-22(29)18-9-15-5-7-17(28)11-20(15)30-23(18)26-16-6-4-14(2)19(24)10-16/h3-12,28H,1-2H3,(H,25,27,29). The minimum absolute atomic E-state index is 0.0130. The molecule has 2 heterocycles. The van der Waals surface area contributed by atoms with Crippen LogP contribution in [0.5, 0.6) is 5.75 Å². The summed E-state index contributed by atoms with van der Waals surface area (Å²) in [6.45, 7) is 3.55. The Labute approximate surface area is 171 Å². The summed E-state index contributed by atoms with van der Waals surface area (Å²) >= 11 is 0. The number of halogens is 1. The number of aromatic hydroxyl groups is 1. The van der Waals surface area contributed by atoms with Gasteiger partial charge in [0.05, 0.1) is 5.69 Å². The Morgan fingerprint density at radius 3 is 2.67 bits per heavy atom. The van der Waals surface area contributed by atoms with Gasteiger partial charge in [0.2, 0.25) is 5.55 Å². The van der Waals surface area contributed by atoms with E-state index in [4.69, 9.17) is 4.42 Å². The van der Waals surface area contributed by atoms with E-state index in [1.807, 2.05) is 13.0 Å². The highest BCUT2D eigenvalue weighted by molar-refractivity contribution is 6.05. The number of hydrogen-bond acceptors (Lipinski definition) is 5. The highest BCUT2D eigenvalue weighted by Crippen LogP contribution is 2.21. The third-order valence-electron chi connectivity index (χ3n) is 4.52. The lowest BCUT2D eigenvalue weighted by molar-refractivity contribution is 0.102. The Morgan fingerprint density at radius 1 is 1.10 bits per heavy atom. The summed E-state index contributed by atoms with van der Waals surface area (Å²) in [6.07, 6.45) is 1.64. The number of anilines is 1. The van der Waals surface area contributed by atoms with Gasteiger partial charge in [0.1, 0.15) is 28.5 Å². The van der Waals surface area contributed by atoms with Crippen LogP contribution in [0, 0.1) is 19.7 Å². The van der Waals surface area contributed by atoms with E-state index in [0.29, 0.717) is 28.0 Å². The number of hydrogen-bond donors (Lipinski definition) is 2. The number of rotatable bonds is 3. The average Bonchev–Trinajstić information content (AvgIpc) is 2.72. The first-order valence-electron chi connectivity index (χ1n) is 9.21. The maximum Gasteiger partial charge on any atom is 0.262 e. The second-order valence-electron chi connectivity index (χ2n) is 6.91. The molecule has 150 valence electrons. The molecule has 0 unspecified atom stereocenters. The number of nitrogens with zero attached hydrogens (tertiary/aromatic N) is 2. The van der Waals surface area contributed by atoms with Crippen LogP contribution in [0.25, 0.3) is 11.0 Å². The fourth-order valence-electron chi connectivity index (χ4n) is 2.85. The Kier molecular flexibility index (Phi) is 5.02. The van der Waals surface area contributed by atoms with Crippen molar-refractivity contribution in [3.8, 4) is 5.75 Å². The summed E-state index contributed by atoms with van der Waals surface area (Å²) < 4.78 is 19.8. The molecule has 0 radical (unpaired) electrons. The normalized spacial score (nSPS) is 11.6.